The minimum absolute atomic E-state index is 0.0281. The third kappa shape index (κ3) is 3.52. The first-order valence-corrected chi connectivity index (χ1v) is 6.88. The SMILES string of the molecule is CNC(CC1CCCO1)c1ccc(C(F)(F)F)cc1C. The number of alkyl halides is 3. The predicted octanol–water partition coefficient (Wildman–Crippen LogP) is 3.84. The largest absolute Gasteiger partial charge is 0.416 e. The summed E-state index contributed by atoms with van der Waals surface area (Å²) in [5.74, 6) is 0. The summed E-state index contributed by atoms with van der Waals surface area (Å²) in [5, 5.41) is 3.18. The van der Waals surface area contributed by atoms with Crippen LogP contribution < -0.4 is 5.32 Å². The van der Waals surface area contributed by atoms with Crippen LogP contribution in [0.25, 0.3) is 0 Å². The van der Waals surface area contributed by atoms with Crippen molar-refractivity contribution in [2.45, 2.75) is 44.5 Å². The first-order chi connectivity index (χ1) is 9.41. The molecule has 1 aromatic carbocycles. The zero-order valence-electron chi connectivity index (χ0n) is 11.8. The molecule has 0 radical (unpaired) electrons. The van der Waals surface area contributed by atoms with Gasteiger partial charge in [-0.05, 0) is 56.5 Å². The Morgan fingerprint density at radius 2 is 2.15 bits per heavy atom. The molecule has 2 nitrogen and oxygen atoms in total. The lowest BCUT2D eigenvalue weighted by molar-refractivity contribution is -0.137. The number of benzene rings is 1. The lowest BCUT2D eigenvalue weighted by Gasteiger charge is -2.22. The summed E-state index contributed by atoms with van der Waals surface area (Å²) in [6, 6.07) is 3.98. The van der Waals surface area contributed by atoms with E-state index in [-0.39, 0.29) is 12.1 Å². The molecular formula is C15H20F3NO. The highest BCUT2D eigenvalue weighted by Crippen LogP contribution is 2.33. The van der Waals surface area contributed by atoms with Gasteiger partial charge in [-0.3, -0.25) is 0 Å². The molecular weight excluding hydrogens is 267 g/mol. The maximum Gasteiger partial charge on any atom is 0.416 e. The zero-order valence-corrected chi connectivity index (χ0v) is 11.8. The van der Waals surface area contributed by atoms with Gasteiger partial charge in [-0.15, -0.1) is 0 Å². The van der Waals surface area contributed by atoms with E-state index in [1.165, 1.54) is 6.07 Å². The third-order valence-electron chi connectivity index (χ3n) is 3.84. The molecule has 0 spiro atoms. The summed E-state index contributed by atoms with van der Waals surface area (Å²) in [4.78, 5) is 0. The van der Waals surface area contributed by atoms with Crippen molar-refractivity contribution in [2.75, 3.05) is 13.7 Å². The summed E-state index contributed by atoms with van der Waals surface area (Å²) in [6.45, 7) is 2.51. The molecule has 5 heteroatoms. The van der Waals surface area contributed by atoms with E-state index in [2.05, 4.69) is 5.32 Å². The second-order valence-corrected chi connectivity index (χ2v) is 5.28. The van der Waals surface area contributed by atoms with Crippen molar-refractivity contribution in [3.05, 3.63) is 34.9 Å². The topological polar surface area (TPSA) is 21.3 Å². The summed E-state index contributed by atoms with van der Waals surface area (Å²) >= 11 is 0. The van der Waals surface area contributed by atoms with Crippen molar-refractivity contribution in [3.8, 4) is 0 Å². The molecule has 0 aliphatic carbocycles. The molecule has 0 aromatic heterocycles. The number of hydrogen-bond donors (Lipinski definition) is 1. The van der Waals surface area contributed by atoms with E-state index in [1.807, 2.05) is 7.05 Å². The molecule has 112 valence electrons. The Kier molecular flexibility index (Phi) is 4.70. The second kappa shape index (κ2) is 6.14. The fourth-order valence-electron chi connectivity index (χ4n) is 2.74. The summed E-state index contributed by atoms with van der Waals surface area (Å²) in [7, 11) is 1.83. The van der Waals surface area contributed by atoms with Crippen LogP contribution in [-0.4, -0.2) is 19.8 Å². The molecule has 1 aliphatic heterocycles. The van der Waals surface area contributed by atoms with Gasteiger partial charge in [-0.25, -0.2) is 0 Å². The number of rotatable bonds is 4. The van der Waals surface area contributed by atoms with Crippen molar-refractivity contribution in [3.63, 3.8) is 0 Å². The Labute approximate surface area is 117 Å². The molecule has 2 unspecified atom stereocenters. The van der Waals surface area contributed by atoms with E-state index in [1.54, 1.807) is 13.0 Å². The molecule has 1 aliphatic rings. The highest BCUT2D eigenvalue weighted by Gasteiger charge is 2.31. The fourth-order valence-corrected chi connectivity index (χ4v) is 2.74. The molecule has 1 saturated heterocycles. The number of halogens is 3. The minimum Gasteiger partial charge on any atom is -0.378 e. The third-order valence-corrected chi connectivity index (χ3v) is 3.84. The lowest BCUT2D eigenvalue weighted by Crippen LogP contribution is -2.23. The van der Waals surface area contributed by atoms with E-state index in [4.69, 9.17) is 4.74 Å². The number of aryl methyl sites for hydroxylation is 1. The highest BCUT2D eigenvalue weighted by molar-refractivity contribution is 5.34. The average Bonchev–Trinajstić information content (AvgIpc) is 2.88. The predicted molar refractivity (Wildman–Crippen MR) is 71.6 cm³/mol. The second-order valence-electron chi connectivity index (χ2n) is 5.28. The molecule has 2 atom stereocenters. The van der Waals surface area contributed by atoms with E-state index >= 15 is 0 Å². The molecule has 0 bridgehead atoms. The van der Waals surface area contributed by atoms with Crippen molar-refractivity contribution < 1.29 is 17.9 Å². The molecule has 0 saturated carbocycles. The number of nitrogens with one attached hydrogen (secondary N) is 1. The summed E-state index contributed by atoms with van der Waals surface area (Å²) in [5.41, 5.74) is 0.985. The Morgan fingerprint density at radius 1 is 1.40 bits per heavy atom. The maximum absolute atomic E-state index is 12.7. The van der Waals surface area contributed by atoms with Crippen molar-refractivity contribution >= 4 is 0 Å². The lowest BCUT2D eigenvalue weighted by atomic mass is 9.94. The maximum atomic E-state index is 12.7. The van der Waals surface area contributed by atoms with Crippen LogP contribution in [0.5, 0.6) is 0 Å². The van der Waals surface area contributed by atoms with E-state index in [9.17, 15) is 13.2 Å². The van der Waals surface area contributed by atoms with Crippen LogP contribution in [0, 0.1) is 6.92 Å². The van der Waals surface area contributed by atoms with E-state index in [0.717, 1.165) is 37.5 Å². The van der Waals surface area contributed by atoms with Crippen molar-refractivity contribution in [2.24, 2.45) is 0 Å². The van der Waals surface area contributed by atoms with Gasteiger partial charge in [0.05, 0.1) is 11.7 Å². The monoisotopic (exact) mass is 287 g/mol. The van der Waals surface area contributed by atoms with Crippen molar-refractivity contribution in [1.29, 1.82) is 0 Å². The molecule has 20 heavy (non-hydrogen) atoms. The molecule has 1 N–H and O–H groups in total. The summed E-state index contributed by atoms with van der Waals surface area (Å²) in [6.07, 6.45) is -1.20. The van der Waals surface area contributed by atoms with Crippen molar-refractivity contribution in [1.82, 2.24) is 5.32 Å². The Hall–Kier alpha value is -1.07. The smallest absolute Gasteiger partial charge is 0.378 e. The quantitative estimate of drug-likeness (QED) is 0.908. The first kappa shape index (κ1) is 15.3. The molecule has 1 fully saturated rings. The van der Waals surface area contributed by atoms with Gasteiger partial charge >= 0.3 is 6.18 Å². The van der Waals surface area contributed by atoms with Gasteiger partial charge in [0.1, 0.15) is 0 Å². The van der Waals surface area contributed by atoms with Gasteiger partial charge < -0.3 is 10.1 Å². The molecule has 0 amide bonds. The van der Waals surface area contributed by atoms with Gasteiger partial charge in [-0.1, -0.05) is 6.07 Å². The van der Waals surface area contributed by atoms with Gasteiger partial charge in [0.25, 0.3) is 0 Å². The normalized spacial score (nSPS) is 21.1. The molecule has 1 heterocycles. The highest BCUT2D eigenvalue weighted by atomic mass is 19.4. The van der Waals surface area contributed by atoms with E-state index in [0.29, 0.717) is 5.56 Å². The minimum atomic E-state index is -4.28. The zero-order chi connectivity index (χ0) is 14.8. The first-order valence-electron chi connectivity index (χ1n) is 6.88. The Bertz CT molecular complexity index is 453. The number of hydrogen-bond acceptors (Lipinski definition) is 2. The van der Waals surface area contributed by atoms with E-state index < -0.39 is 11.7 Å². The average molecular weight is 287 g/mol. The Morgan fingerprint density at radius 3 is 2.65 bits per heavy atom. The van der Waals surface area contributed by atoms with Crippen LogP contribution >= 0.6 is 0 Å². The van der Waals surface area contributed by atoms with Gasteiger partial charge in [0.2, 0.25) is 0 Å². The molecule has 1 aromatic rings. The van der Waals surface area contributed by atoms with Crippen LogP contribution in [0.4, 0.5) is 13.2 Å². The van der Waals surface area contributed by atoms with Crippen LogP contribution in [0.3, 0.4) is 0 Å². The van der Waals surface area contributed by atoms with Gasteiger partial charge in [0, 0.05) is 12.6 Å². The van der Waals surface area contributed by atoms with Crippen LogP contribution in [0.15, 0.2) is 18.2 Å². The van der Waals surface area contributed by atoms with Crippen LogP contribution in [0.2, 0.25) is 0 Å². The molecule has 2 rings (SSSR count). The standard InChI is InChI=1S/C15H20F3NO/c1-10-8-11(15(16,17)18)5-6-13(10)14(19-2)9-12-4-3-7-20-12/h5-6,8,12,14,19H,3-4,7,9H2,1-2H3. The fraction of sp³-hybridized carbons (Fsp3) is 0.600. The summed E-state index contributed by atoms with van der Waals surface area (Å²) < 4.78 is 43.6. The Balaban J connectivity index is 2.17. The van der Waals surface area contributed by atoms with Gasteiger partial charge in [0.15, 0.2) is 0 Å². The van der Waals surface area contributed by atoms with Crippen LogP contribution in [-0.2, 0) is 10.9 Å². The van der Waals surface area contributed by atoms with Crippen LogP contribution in [0.1, 0.15) is 42.0 Å². The van der Waals surface area contributed by atoms with Gasteiger partial charge in [-0.2, -0.15) is 13.2 Å². The number of ether oxygens (including phenoxy) is 1.